The number of halogens is 3. The molecule has 1 atom stereocenters. The van der Waals surface area contributed by atoms with Gasteiger partial charge >= 0.3 is 6.03 Å². The van der Waals surface area contributed by atoms with Crippen LogP contribution >= 0.6 is 0 Å². The molecule has 1 fully saturated rings. The van der Waals surface area contributed by atoms with Gasteiger partial charge in [-0.1, -0.05) is 0 Å². The minimum absolute atomic E-state index is 0.00917. The fraction of sp³-hybridized carbons (Fsp3) is 0.238. The van der Waals surface area contributed by atoms with Crippen molar-refractivity contribution in [3.63, 3.8) is 0 Å². The highest BCUT2D eigenvalue weighted by atomic mass is 19.1. The zero-order valence-corrected chi connectivity index (χ0v) is 16.6. The summed E-state index contributed by atoms with van der Waals surface area (Å²) in [5.41, 5.74) is 0.326. The smallest absolute Gasteiger partial charge is 0.341 e. The van der Waals surface area contributed by atoms with E-state index in [1.165, 1.54) is 39.0 Å². The molecule has 1 aromatic carbocycles. The van der Waals surface area contributed by atoms with Gasteiger partial charge in [0.15, 0.2) is 17.4 Å². The summed E-state index contributed by atoms with van der Waals surface area (Å²) < 4.78 is 48.5. The Morgan fingerprint density at radius 1 is 1.09 bits per heavy atom. The third kappa shape index (κ3) is 3.77. The van der Waals surface area contributed by atoms with Crippen LogP contribution in [0.2, 0.25) is 0 Å². The van der Waals surface area contributed by atoms with Crippen LogP contribution in [0.15, 0.2) is 54.0 Å². The van der Waals surface area contributed by atoms with Gasteiger partial charge in [0.05, 0.1) is 25.3 Å². The van der Waals surface area contributed by atoms with Gasteiger partial charge in [-0.05, 0) is 23.8 Å². The lowest BCUT2D eigenvalue weighted by atomic mass is 10.0. The van der Waals surface area contributed by atoms with E-state index in [9.17, 15) is 18.0 Å². The number of likely N-dealkylation sites (tertiary alicyclic amines) is 1. The Bertz CT molecular complexity index is 1160. The Morgan fingerprint density at radius 2 is 1.88 bits per heavy atom. The fourth-order valence-electron chi connectivity index (χ4n) is 3.67. The molecule has 0 bridgehead atoms. The van der Waals surface area contributed by atoms with Crippen molar-refractivity contribution in [1.82, 2.24) is 24.7 Å². The standard InChI is InChI=1S/C21H17F3N6O2/c22-14-6-13(7-15(23)8-14)18-2-4-27-30(18)21(31)28-11-16(12-28)32-19-9-20(25-10-17(19)24)29-5-1-3-26-29/h1,3-10,16,18H,2,11-12H2. The van der Waals surface area contributed by atoms with Crippen LogP contribution in [0.4, 0.5) is 18.0 Å². The minimum Gasteiger partial charge on any atom is -0.483 e. The molecular weight excluding hydrogens is 425 g/mol. The van der Waals surface area contributed by atoms with Crippen LogP contribution in [0.25, 0.3) is 5.82 Å². The van der Waals surface area contributed by atoms with Crippen molar-refractivity contribution in [1.29, 1.82) is 0 Å². The number of urea groups is 1. The number of benzene rings is 1. The number of hydrazone groups is 1. The summed E-state index contributed by atoms with van der Waals surface area (Å²) in [7, 11) is 0. The van der Waals surface area contributed by atoms with Gasteiger partial charge in [0.1, 0.15) is 17.7 Å². The van der Waals surface area contributed by atoms with Crippen molar-refractivity contribution >= 4 is 12.2 Å². The molecule has 0 radical (unpaired) electrons. The van der Waals surface area contributed by atoms with E-state index >= 15 is 0 Å². The Hall–Kier alpha value is -3.89. The molecule has 2 amide bonds. The third-order valence-corrected chi connectivity index (χ3v) is 5.25. The summed E-state index contributed by atoms with van der Waals surface area (Å²) in [5.74, 6) is -1.65. The Balaban J connectivity index is 1.23. The van der Waals surface area contributed by atoms with Gasteiger partial charge in [0, 0.05) is 37.2 Å². The number of pyridine rings is 1. The minimum atomic E-state index is -0.717. The van der Waals surface area contributed by atoms with E-state index in [-0.39, 0.29) is 18.8 Å². The number of amides is 2. The Kier molecular flexibility index (Phi) is 5.00. The molecular formula is C21H17F3N6O2. The van der Waals surface area contributed by atoms with Gasteiger partial charge in [-0.25, -0.2) is 32.6 Å². The first-order chi connectivity index (χ1) is 15.5. The normalized spacial score (nSPS) is 18.2. The number of hydrogen-bond donors (Lipinski definition) is 0. The molecule has 1 unspecified atom stereocenters. The van der Waals surface area contributed by atoms with Gasteiger partial charge in [-0.3, -0.25) is 0 Å². The van der Waals surface area contributed by atoms with Crippen molar-refractivity contribution in [3.05, 3.63) is 71.9 Å². The van der Waals surface area contributed by atoms with Gasteiger partial charge in [-0.15, -0.1) is 0 Å². The summed E-state index contributed by atoms with van der Waals surface area (Å²) in [4.78, 5) is 18.3. The average molecular weight is 442 g/mol. The topological polar surface area (TPSA) is 75.8 Å². The van der Waals surface area contributed by atoms with E-state index in [1.54, 1.807) is 18.5 Å². The molecule has 8 nitrogen and oxygen atoms in total. The monoisotopic (exact) mass is 442 g/mol. The second-order valence-corrected chi connectivity index (χ2v) is 7.45. The van der Waals surface area contributed by atoms with E-state index in [0.717, 1.165) is 12.3 Å². The number of hydrogen-bond acceptors (Lipinski definition) is 5. The molecule has 1 saturated heterocycles. The lowest BCUT2D eigenvalue weighted by Crippen LogP contribution is -2.58. The maximum Gasteiger partial charge on any atom is 0.341 e. The molecule has 4 heterocycles. The first-order valence-electron chi connectivity index (χ1n) is 9.87. The van der Waals surface area contributed by atoms with Crippen molar-refractivity contribution in [2.45, 2.75) is 18.6 Å². The Labute approximate surface area is 180 Å². The van der Waals surface area contributed by atoms with Crippen LogP contribution < -0.4 is 4.74 Å². The average Bonchev–Trinajstić information content (AvgIpc) is 3.42. The van der Waals surface area contributed by atoms with Gasteiger partial charge in [0.25, 0.3) is 0 Å². The number of aromatic nitrogens is 3. The van der Waals surface area contributed by atoms with Crippen LogP contribution in [0.3, 0.4) is 0 Å². The van der Waals surface area contributed by atoms with Gasteiger partial charge in [0.2, 0.25) is 0 Å². The van der Waals surface area contributed by atoms with Crippen LogP contribution in [-0.4, -0.2) is 56.1 Å². The number of nitrogens with zero attached hydrogens (tertiary/aromatic N) is 6. The molecule has 0 saturated carbocycles. The van der Waals surface area contributed by atoms with E-state index in [0.29, 0.717) is 17.8 Å². The molecule has 0 spiro atoms. The molecule has 11 heteroatoms. The highest BCUT2D eigenvalue weighted by Gasteiger charge is 2.39. The molecule has 2 aliphatic rings. The van der Waals surface area contributed by atoms with Crippen LogP contribution in [0.1, 0.15) is 18.0 Å². The first kappa shape index (κ1) is 20.0. The number of carbonyl (C=O) groups excluding carboxylic acids is 1. The molecule has 32 heavy (non-hydrogen) atoms. The third-order valence-electron chi connectivity index (χ3n) is 5.25. The second kappa shape index (κ2) is 7.98. The SMILES string of the molecule is O=C(N1CC(Oc2cc(-n3cccn3)ncc2F)C1)N1N=CCC1c1cc(F)cc(F)c1. The van der Waals surface area contributed by atoms with E-state index < -0.39 is 35.6 Å². The molecule has 0 N–H and O–H groups in total. The summed E-state index contributed by atoms with van der Waals surface area (Å²) in [6, 6.07) is 5.29. The molecule has 164 valence electrons. The van der Waals surface area contributed by atoms with Crippen LogP contribution in [0, 0.1) is 17.5 Å². The maximum atomic E-state index is 14.2. The largest absolute Gasteiger partial charge is 0.483 e. The molecule has 0 aliphatic carbocycles. The van der Waals surface area contributed by atoms with Crippen molar-refractivity contribution < 1.29 is 22.7 Å². The molecule has 2 aromatic heterocycles. The van der Waals surface area contributed by atoms with Crippen molar-refractivity contribution in [2.75, 3.05) is 13.1 Å². The first-order valence-corrected chi connectivity index (χ1v) is 9.87. The highest BCUT2D eigenvalue weighted by Crippen LogP contribution is 2.32. The van der Waals surface area contributed by atoms with E-state index in [2.05, 4.69) is 15.2 Å². The lowest BCUT2D eigenvalue weighted by molar-refractivity contribution is 0.0256. The summed E-state index contributed by atoms with van der Waals surface area (Å²) in [6.07, 6.45) is 5.76. The maximum absolute atomic E-state index is 14.2. The number of carbonyl (C=O) groups is 1. The lowest BCUT2D eigenvalue weighted by Gasteiger charge is -2.41. The van der Waals surface area contributed by atoms with Crippen molar-refractivity contribution in [3.8, 4) is 11.6 Å². The predicted octanol–water partition coefficient (Wildman–Crippen LogP) is 3.30. The predicted molar refractivity (Wildman–Crippen MR) is 107 cm³/mol. The highest BCUT2D eigenvalue weighted by molar-refractivity contribution is 5.79. The van der Waals surface area contributed by atoms with Crippen molar-refractivity contribution in [2.24, 2.45) is 5.10 Å². The van der Waals surface area contributed by atoms with Crippen LogP contribution in [0.5, 0.6) is 5.75 Å². The molecule has 3 aromatic rings. The van der Waals surface area contributed by atoms with E-state index in [4.69, 9.17) is 4.74 Å². The number of ether oxygens (including phenoxy) is 1. The van der Waals surface area contributed by atoms with Crippen LogP contribution in [-0.2, 0) is 0 Å². The van der Waals surface area contributed by atoms with Gasteiger partial charge < -0.3 is 9.64 Å². The zero-order chi connectivity index (χ0) is 22.2. The second-order valence-electron chi connectivity index (χ2n) is 7.45. The summed E-state index contributed by atoms with van der Waals surface area (Å²) in [5, 5.41) is 9.32. The van der Waals surface area contributed by atoms with Gasteiger partial charge in [-0.2, -0.15) is 10.2 Å². The number of rotatable bonds is 4. The molecule has 5 rings (SSSR count). The zero-order valence-electron chi connectivity index (χ0n) is 16.6. The quantitative estimate of drug-likeness (QED) is 0.622. The summed E-state index contributed by atoms with van der Waals surface area (Å²) in [6.45, 7) is 0.432. The fourth-order valence-corrected chi connectivity index (χ4v) is 3.67. The molecule has 2 aliphatic heterocycles. The summed E-state index contributed by atoms with van der Waals surface area (Å²) >= 11 is 0. The van der Waals surface area contributed by atoms with E-state index in [1.807, 2.05) is 0 Å². The Morgan fingerprint density at radius 3 is 2.59 bits per heavy atom.